The summed E-state index contributed by atoms with van der Waals surface area (Å²) in [5.74, 6) is -3.29. The van der Waals surface area contributed by atoms with Crippen molar-refractivity contribution in [1.82, 2.24) is 0 Å². The normalized spacial score (nSPS) is 24.2. The first-order valence-electron chi connectivity index (χ1n) is 24.1. The zero-order chi connectivity index (χ0) is 51.3. The Kier molecular flexibility index (Phi) is 12.7. The number of allylic oxidation sites excluding steroid dienone is 18. The Balaban J connectivity index is 0.000000178. The molecule has 0 fully saturated rings. The van der Waals surface area contributed by atoms with Gasteiger partial charge in [0, 0.05) is 66.7 Å². The Morgan fingerprint density at radius 1 is 0.431 bits per heavy atom. The van der Waals surface area contributed by atoms with E-state index in [0.29, 0.717) is 0 Å². The number of carbonyl (C=O) groups is 4. The summed E-state index contributed by atoms with van der Waals surface area (Å²) in [6.07, 6.45) is 15.6. The van der Waals surface area contributed by atoms with Crippen LogP contribution in [0, 0.1) is 0 Å². The molecule has 4 aliphatic heterocycles. The molecule has 10 heteroatoms. The number of Topliss-reactive ketones (excluding diaryl/α,β-unsaturated/α-hetero) is 4. The first-order chi connectivity index (χ1) is 34.2. The molecule has 0 amide bonds. The number of fused-ring (bicyclic) bond motifs is 4. The molecule has 2 N–H and O–H groups in total. The van der Waals surface area contributed by atoms with Crippen LogP contribution in [0.1, 0.15) is 77.6 Å². The number of aliphatic imine (C=N–C) groups is 2. The molecule has 362 valence electrons. The first-order valence-corrected chi connectivity index (χ1v) is 24.1. The van der Waals surface area contributed by atoms with Gasteiger partial charge < -0.3 is 10.6 Å². The molecule has 0 bridgehead atoms. The summed E-state index contributed by atoms with van der Waals surface area (Å²) < 4.78 is 29.4. The van der Waals surface area contributed by atoms with Gasteiger partial charge in [0.2, 0.25) is 35.5 Å². The lowest BCUT2D eigenvalue weighted by Crippen LogP contribution is -2.32. The maximum Gasteiger partial charge on any atom is 0.225 e. The molecule has 6 aliphatic rings. The van der Waals surface area contributed by atoms with Crippen LogP contribution < -0.4 is 10.6 Å². The fraction of sp³-hybridized carbons (Fsp3) is 0.226. The molecule has 72 heavy (non-hydrogen) atoms. The Morgan fingerprint density at radius 3 is 1.24 bits per heavy atom. The first kappa shape index (κ1) is 49.0. The van der Waals surface area contributed by atoms with Gasteiger partial charge in [0.1, 0.15) is 0 Å². The monoisotopic (exact) mass is 958 g/mol. The number of alkyl halides is 2. The highest BCUT2D eigenvalue weighted by Crippen LogP contribution is 2.45. The third kappa shape index (κ3) is 8.80. The number of hydrogen-bond acceptors (Lipinski definition) is 8. The quantitative estimate of drug-likeness (QED) is 0.141. The van der Waals surface area contributed by atoms with Crippen molar-refractivity contribution >= 4 is 57.3 Å². The molecule has 10 rings (SSSR count). The Morgan fingerprint density at radius 2 is 0.806 bits per heavy atom. The molecule has 2 aliphatic carbocycles. The largest absolute Gasteiger partial charge is 0.358 e. The third-order valence-electron chi connectivity index (χ3n) is 14.6. The van der Waals surface area contributed by atoms with E-state index in [2.05, 4.69) is 88.1 Å². The Labute approximate surface area is 419 Å². The molecule has 4 heterocycles. The standard InChI is InChI=1S/C32H29FN2O2.C30H27FN2O2/c1-31(2)22-12-6-8-14-24(22)34-26(31)16-10-5-11-20-19-21(30(37)28(33)29(20)36)17-18-27-32(3,4)23-13-7-9-15-25(23)35-27;1-29(2)20-9-5-7-11-22(20)32-24(29)15-13-18-17-19(28(35)26(31)27(18)34)14-16-25-30(3,4)21-10-6-8-12-23(21)33-25/h5-19,28,34H,1-4H3;5-17,26,32H,1-4H3/b10-5+,18-17+,20-11-,26-16-;16-14+,18-13-,24-15+. The highest BCUT2D eigenvalue weighted by atomic mass is 19.1. The number of anilines is 2. The number of para-hydroxylation sites is 4. The van der Waals surface area contributed by atoms with E-state index < -0.39 is 35.5 Å². The van der Waals surface area contributed by atoms with Gasteiger partial charge in [0.25, 0.3) is 0 Å². The van der Waals surface area contributed by atoms with E-state index in [1.807, 2.05) is 97.1 Å². The Bertz CT molecular complexity index is 3360. The van der Waals surface area contributed by atoms with Crippen LogP contribution in [0.4, 0.5) is 31.5 Å². The van der Waals surface area contributed by atoms with Gasteiger partial charge in [-0.05, 0) is 101 Å². The van der Waals surface area contributed by atoms with E-state index >= 15 is 0 Å². The van der Waals surface area contributed by atoms with Crippen LogP contribution in [0.2, 0.25) is 0 Å². The zero-order valence-electron chi connectivity index (χ0n) is 41.6. The molecular formula is C62H56F2N4O4. The molecule has 4 aromatic rings. The van der Waals surface area contributed by atoms with Crippen LogP contribution >= 0.6 is 0 Å². The van der Waals surface area contributed by atoms with Crippen molar-refractivity contribution in [3.8, 4) is 0 Å². The minimum atomic E-state index is -2.21. The van der Waals surface area contributed by atoms with E-state index in [1.54, 1.807) is 48.6 Å². The minimum absolute atomic E-state index is 0.147. The predicted octanol–water partition coefficient (Wildman–Crippen LogP) is 13.0. The molecule has 2 atom stereocenters. The number of carbonyl (C=O) groups excluding carboxylic acids is 4. The van der Waals surface area contributed by atoms with Crippen molar-refractivity contribution in [2.45, 2.75) is 89.4 Å². The maximum absolute atomic E-state index is 14.7. The number of benzene rings is 4. The number of halogens is 2. The molecule has 0 saturated carbocycles. The smallest absolute Gasteiger partial charge is 0.225 e. The van der Waals surface area contributed by atoms with E-state index in [9.17, 15) is 28.0 Å². The average Bonchev–Trinajstić information content (AvgIpc) is 3.98. The molecule has 2 unspecified atom stereocenters. The molecule has 0 saturated heterocycles. The van der Waals surface area contributed by atoms with Crippen molar-refractivity contribution in [3.63, 3.8) is 0 Å². The fourth-order valence-corrected chi connectivity index (χ4v) is 9.96. The van der Waals surface area contributed by atoms with Gasteiger partial charge in [-0.25, -0.2) is 8.78 Å². The molecule has 0 radical (unpaired) electrons. The number of hydrogen-bond donors (Lipinski definition) is 2. The van der Waals surface area contributed by atoms with Gasteiger partial charge in [-0.3, -0.25) is 29.2 Å². The zero-order valence-corrected chi connectivity index (χ0v) is 41.6. The summed E-state index contributed by atoms with van der Waals surface area (Å²) in [6.45, 7) is 16.7. The Hall–Kier alpha value is -7.98. The molecule has 8 nitrogen and oxygen atoms in total. The van der Waals surface area contributed by atoms with E-state index in [-0.39, 0.29) is 44.0 Å². The second kappa shape index (κ2) is 18.6. The van der Waals surface area contributed by atoms with Gasteiger partial charge in [-0.1, -0.05) is 146 Å². The predicted molar refractivity (Wildman–Crippen MR) is 285 cm³/mol. The summed E-state index contributed by atoms with van der Waals surface area (Å²) in [6, 6.07) is 31.9. The van der Waals surface area contributed by atoms with Crippen molar-refractivity contribution in [2.24, 2.45) is 9.98 Å². The maximum atomic E-state index is 14.7. The average molecular weight is 959 g/mol. The number of nitrogens with one attached hydrogen (secondary N) is 2. The second-order valence-corrected chi connectivity index (χ2v) is 20.7. The van der Waals surface area contributed by atoms with Crippen LogP contribution in [-0.4, -0.2) is 46.9 Å². The van der Waals surface area contributed by atoms with Gasteiger partial charge >= 0.3 is 0 Å². The lowest BCUT2D eigenvalue weighted by atomic mass is 9.81. The van der Waals surface area contributed by atoms with Crippen molar-refractivity contribution in [2.75, 3.05) is 10.6 Å². The van der Waals surface area contributed by atoms with Crippen molar-refractivity contribution in [1.29, 1.82) is 0 Å². The summed E-state index contributed by atoms with van der Waals surface area (Å²) in [5, 5.41) is 6.82. The van der Waals surface area contributed by atoms with Crippen LogP contribution in [0.3, 0.4) is 0 Å². The molecule has 4 aromatic carbocycles. The third-order valence-corrected chi connectivity index (χ3v) is 14.6. The lowest BCUT2D eigenvalue weighted by Gasteiger charge is -2.21. The second-order valence-electron chi connectivity index (χ2n) is 20.7. The van der Waals surface area contributed by atoms with Crippen molar-refractivity contribution in [3.05, 3.63) is 226 Å². The molecular weight excluding hydrogens is 903 g/mol. The summed E-state index contributed by atoms with van der Waals surface area (Å²) >= 11 is 0. The number of nitrogens with zero attached hydrogens (tertiary/aromatic N) is 2. The molecule has 0 aromatic heterocycles. The lowest BCUT2D eigenvalue weighted by molar-refractivity contribution is -0.131. The minimum Gasteiger partial charge on any atom is -0.358 e. The van der Waals surface area contributed by atoms with E-state index in [1.165, 1.54) is 17.7 Å². The van der Waals surface area contributed by atoms with Crippen LogP contribution in [0.15, 0.2) is 214 Å². The SMILES string of the molecule is CC1(C)C(/C=C/C2=CC(=C/C=C/C=C3\Nc4ccccc4C3(C)C)/C(=O)C(F)C2=O)=Nc2ccccc21.CC1(C)C(/C=C/C2=CC(=C/C=C3/Nc4ccccc4C3(C)C)/C(=O)C(F)C2=O)=Nc2ccccc21. The van der Waals surface area contributed by atoms with Gasteiger partial charge in [-0.15, -0.1) is 0 Å². The topological polar surface area (TPSA) is 117 Å². The van der Waals surface area contributed by atoms with E-state index in [4.69, 9.17) is 0 Å². The number of rotatable bonds is 7. The van der Waals surface area contributed by atoms with Crippen molar-refractivity contribution < 1.29 is 28.0 Å². The molecule has 0 spiro atoms. The fourth-order valence-electron chi connectivity index (χ4n) is 9.96. The highest BCUT2D eigenvalue weighted by Gasteiger charge is 2.39. The highest BCUT2D eigenvalue weighted by molar-refractivity contribution is 6.25. The summed E-state index contributed by atoms with van der Waals surface area (Å²) in [7, 11) is 0. The van der Waals surface area contributed by atoms with Gasteiger partial charge in [0.15, 0.2) is 0 Å². The summed E-state index contributed by atoms with van der Waals surface area (Å²) in [5.41, 5.74) is 11.4. The van der Waals surface area contributed by atoms with Gasteiger partial charge in [-0.2, -0.15) is 0 Å². The van der Waals surface area contributed by atoms with Crippen LogP contribution in [0.5, 0.6) is 0 Å². The summed E-state index contributed by atoms with van der Waals surface area (Å²) in [4.78, 5) is 59.5. The van der Waals surface area contributed by atoms with Crippen LogP contribution in [0.25, 0.3) is 0 Å². The van der Waals surface area contributed by atoms with Gasteiger partial charge in [0.05, 0.1) is 22.8 Å². The number of ketones is 4. The van der Waals surface area contributed by atoms with E-state index in [0.717, 1.165) is 62.3 Å². The van der Waals surface area contributed by atoms with Crippen LogP contribution in [-0.2, 0) is 40.8 Å².